The van der Waals surface area contributed by atoms with E-state index in [0.717, 1.165) is 0 Å². The van der Waals surface area contributed by atoms with Crippen LogP contribution < -0.4 is 0 Å². The maximum Gasteiger partial charge on any atom is 0.417 e. The maximum atomic E-state index is 12.9. The molecule has 0 aromatic heterocycles. The fourth-order valence-corrected chi connectivity index (χ4v) is 1.99. The zero-order valence-electron chi connectivity index (χ0n) is 13.2. The molecule has 0 saturated heterocycles. The van der Waals surface area contributed by atoms with Crippen LogP contribution >= 0.6 is 0 Å². The van der Waals surface area contributed by atoms with Crippen LogP contribution in [0.5, 0.6) is 0 Å². The van der Waals surface area contributed by atoms with Crippen molar-refractivity contribution in [1.29, 1.82) is 0 Å². The van der Waals surface area contributed by atoms with Crippen molar-refractivity contribution in [3.63, 3.8) is 0 Å². The smallest absolute Gasteiger partial charge is 0.171 e. The van der Waals surface area contributed by atoms with Gasteiger partial charge >= 0.3 is 37.1 Å². The van der Waals surface area contributed by atoms with Gasteiger partial charge in [0.1, 0.15) is 0 Å². The van der Waals surface area contributed by atoms with Gasteiger partial charge in [-0.15, -0.1) is 0 Å². The zero-order valence-corrected chi connectivity index (χ0v) is 13.2. The average Bonchev–Trinajstić information content (AvgIpc) is 2.32. The third-order valence-corrected chi connectivity index (χ3v) is 2.86. The molecule has 0 atom stereocenters. The summed E-state index contributed by atoms with van der Waals surface area (Å²) in [6.07, 6.45) is -48.7. The highest BCUT2D eigenvalue weighted by Crippen LogP contribution is 2.52. The minimum absolute atomic E-state index is 3.86. The van der Waals surface area contributed by atoms with E-state index in [-0.39, 0.29) is 0 Å². The molecule has 0 N–H and O–H groups in total. The standard InChI is InChI=1S/C12H4F18/c13-7(14,15)1-3(9(19,20)21)5(11(25,26)27)6(12(28,29)30)4(10(22,23)24)2-8(16,17)18/h1-2H2/b5-3-,6-4-. The molecule has 178 valence electrons. The minimum atomic E-state index is -7.22. The van der Waals surface area contributed by atoms with E-state index >= 15 is 0 Å². The van der Waals surface area contributed by atoms with Gasteiger partial charge in [-0.3, -0.25) is 0 Å². The van der Waals surface area contributed by atoms with Gasteiger partial charge in [-0.05, 0) is 0 Å². The topological polar surface area (TPSA) is 0 Å². The molecule has 18 heteroatoms. The Labute approximate surface area is 152 Å². The molecule has 0 heterocycles. The SMILES string of the molecule is FC(F)(F)C/C(=C(\C(=C(/CC(F)(F)F)C(F)(F)F)C(F)(F)F)C(F)(F)F)C(F)(F)F. The first-order chi connectivity index (χ1) is 12.7. The van der Waals surface area contributed by atoms with Crippen LogP contribution in [0.1, 0.15) is 12.8 Å². The Hall–Kier alpha value is -1.78. The van der Waals surface area contributed by atoms with Crippen molar-refractivity contribution >= 4 is 0 Å². The van der Waals surface area contributed by atoms with Gasteiger partial charge in [-0.25, -0.2) is 0 Å². The van der Waals surface area contributed by atoms with Crippen LogP contribution in [-0.2, 0) is 0 Å². The van der Waals surface area contributed by atoms with Gasteiger partial charge in [0.2, 0.25) is 0 Å². The molecule has 0 spiro atoms. The second kappa shape index (κ2) is 8.05. The van der Waals surface area contributed by atoms with Crippen molar-refractivity contribution in [1.82, 2.24) is 0 Å². The molecule has 0 aromatic rings. The lowest BCUT2D eigenvalue weighted by molar-refractivity contribution is -0.164. The second-order valence-corrected chi connectivity index (χ2v) is 5.28. The van der Waals surface area contributed by atoms with E-state index in [2.05, 4.69) is 0 Å². The monoisotopic (exact) mass is 490 g/mol. The van der Waals surface area contributed by atoms with E-state index < -0.39 is 72.2 Å². The summed E-state index contributed by atoms with van der Waals surface area (Å²) in [7, 11) is 0. The van der Waals surface area contributed by atoms with E-state index in [1.165, 1.54) is 0 Å². The summed E-state index contributed by atoms with van der Waals surface area (Å²) < 4.78 is 227. The summed E-state index contributed by atoms with van der Waals surface area (Å²) in [4.78, 5) is 0. The molecule has 0 bridgehead atoms. The highest BCUT2D eigenvalue weighted by atomic mass is 19.4. The largest absolute Gasteiger partial charge is 0.417 e. The van der Waals surface area contributed by atoms with Crippen molar-refractivity contribution in [2.45, 2.75) is 49.9 Å². The fraction of sp³-hybridized carbons (Fsp3) is 0.667. The molecule has 0 saturated carbocycles. The van der Waals surface area contributed by atoms with Gasteiger partial charge < -0.3 is 0 Å². The van der Waals surface area contributed by atoms with Crippen molar-refractivity contribution in [2.24, 2.45) is 0 Å². The van der Waals surface area contributed by atoms with Crippen LogP contribution in [-0.4, -0.2) is 37.1 Å². The third kappa shape index (κ3) is 8.53. The van der Waals surface area contributed by atoms with Crippen molar-refractivity contribution in [2.75, 3.05) is 0 Å². The van der Waals surface area contributed by atoms with Gasteiger partial charge in [0, 0.05) is 0 Å². The number of halogens is 18. The molecule has 0 fully saturated rings. The van der Waals surface area contributed by atoms with Crippen LogP contribution in [0.15, 0.2) is 22.3 Å². The molecular formula is C12H4F18. The number of allylic oxidation sites excluding steroid dienone is 4. The summed E-state index contributed by atoms with van der Waals surface area (Å²) in [5, 5.41) is 0. The van der Waals surface area contributed by atoms with Gasteiger partial charge in [0.15, 0.2) is 0 Å². The molecule has 0 aromatic carbocycles. The Bertz CT molecular complexity index is 605. The Morgan fingerprint density at radius 3 is 0.633 bits per heavy atom. The molecule has 0 aliphatic carbocycles. The predicted octanol–water partition coefficient (Wildman–Crippen LogP) is 7.73. The lowest BCUT2D eigenvalue weighted by atomic mass is 9.90. The van der Waals surface area contributed by atoms with Crippen LogP contribution in [0.25, 0.3) is 0 Å². The first-order valence-electron chi connectivity index (χ1n) is 6.57. The highest BCUT2D eigenvalue weighted by molar-refractivity contribution is 5.48. The van der Waals surface area contributed by atoms with Gasteiger partial charge in [0.05, 0.1) is 35.1 Å². The van der Waals surface area contributed by atoms with Gasteiger partial charge in [-0.2, -0.15) is 79.0 Å². The van der Waals surface area contributed by atoms with Gasteiger partial charge in [-0.1, -0.05) is 0 Å². The highest BCUT2D eigenvalue weighted by Gasteiger charge is 2.59. The lowest BCUT2D eigenvalue weighted by Gasteiger charge is -2.27. The number of hydrogen-bond donors (Lipinski definition) is 0. The number of rotatable bonds is 3. The minimum Gasteiger partial charge on any atom is -0.171 e. The van der Waals surface area contributed by atoms with E-state index in [9.17, 15) is 79.0 Å². The molecule has 0 rings (SSSR count). The lowest BCUT2D eigenvalue weighted by Crippen LogP contribution is -2.34. The third-order valence-electron chi connectivity index (χ3n) is 2.86. The van der Waals surface area contributed by atoms with E-state index in [1.807, 2.05) is 0 Å². The number of hydrogen-bond acceptors (Lipinski definition) is 0. The summed E-state index contributed by atoms with van der Waals surface area (Å²) in [5.41, 5.74) is -17.5. The molecule has 0 aliphatic rings. The Kier molecular flexibility index (Phi) is 7.57. The van der Waals surface area contributed by atoms with Crippen LogP contribution in [0, 0.1) is 0 Å². The molecule has 0 radical (unpaired) electrons. The summed E-state index contributed by atoms with van der Waals surface area (Å²) in [6, 6.07) is 0. The van der Waals surface area contributed by atoms with Crippen LogP contribution in [0.4, 0.5) is 79.0 Å². The molecule has 30 heavy (non-hydrogen) atoms. The normalized spacial score (nSPS) is 17.0. The maximum absolute atomic E-state index is 12.9. The Morgan fingerprint density at radius 2 is 0.533 bits per heavy atom. The van der Waals surface area contributed by atoms with E-state index in [1.54, 1.807) is 0 Å². The van der Waals surface area contributed by atoms with Crippen molar-refractivity contribution in [3.05, 3.63) is 22.3 Å². The average molecular weight is 490 g/mol. The first-order valence-corrected chi connectivity index (χ1v) is 6.57. The van der Waals surface area contributed by atoms with E-state index in [0.29, 0.717) is 0 Å². The summed E-state index contributed by atoms with van der Waals surface area (Å²) >= 11 is 0. The molecular weight excluding hydrogens is 486 g/mol. The molecule has 0 amide bonds. The summed E-state index contributed by atoms with van der Waals surface area (Å²) in [6.45, 7) is 0. The Balaban J connectivity index is 7.85. The van der Waals surface area contributed by atoms with Crippen LogP contribution in [0.2, 0.25) is 0 Å². The fourth-order valence-electron chi connectivity index (χ4n) is 1.99. The molecule has 0 nitrogen and oxygen atoms in total. The van der Waals surface area contributed by atoms with E-state index in [4.69, 9.17) is 0 Å². The molecule has 0 unspecified atom stereocenters. The zero-order chi connectivity index (χ0) is 24.7. The first kappa shape index (κ1) is 28.2. The quantitative estimate of drug-likeness (QED) is 0.281. The molecule has 0 aliphatic heterocycles. The second-order valence-electron chi connectivity index (χ2n) is 5.28. The predicted molar refractivity (Wildman–Crippen MR) is 59.6 cm³/mol. The summed E-state index contributed by atoms with van der Waals surface area (Å²) in [5.74, 6) is 0. The van der Waals surface area contributed by atoms with Crippen molar-refractivity contribution in [3.8, 4) is 0 Å². The Morgan fingerprint density at radius 1 is 0.333 bits per heavy atom. The van der Waals surface area contributed by atoms with Crippen LogP contribution in [0.3, 0.4) is 0 Å². The van der Waals surface area contributed by atoms with Gasteiger partial charge in [0.25, 0.3) is 0 Å². The van der Waals surface area contributed by atoms with Crippen molar-refractivity contribution < 1.29 is 79.0 Å². The number of alkyl halides is 18.